The summed E-state index contributed by atoms with van der Waals surface area (Å²) in [5, 5.41) is 0. The molecule has 1 amide bonds. The normalized spacial score (nSPS) is 20.2. The van der Waals surface area contributed by atoms with Crippen molar-refractivity contribution in [2.45, 2.75) is 23.8 Å². The number of piperidine rings is 1. The van der Waals surface area contributed by atoms with Crippen LogP contribution in [0.25, 0.3) is 0 Å². The van der Waals surface area contributed by atoms with Gasteiger partial charge >= 0.3 is 0 Å². The number of sulfonamides is 1. The molecular weight excluding hydrogens is 285 g/mol. The summed E-state index contributed by atoms with van der Waals surface area (Å²) in [5.41, 5.74) is 5.15. The highest BCUT2D eigenvalue weighted by atomic mass is 32.2. The van der Waals surface area contributed by atoms with Gasteiger partial charge in [-0.2, -0.15) is 0 Å². The van der Waals surface area contributed by atoms with Crippen molar-refractivity contribution in [3.8, 4) is 0 Å². The van der Waals surface area contributed by atoms with E-state index in [1.54, 1.807) is 7.05 Å². The van der Waals surface area contributed by atoms with Crippen molar-refractivity contribution in [2.24, 2.45) is 0 Å². The Bertz CT molecular complexity index is 633. The lowest BCUT2D eigenvalue weighted by atomic mass is 10.1. The Hall–Kier alpha value is -1.67. The summed E-state index contributed by atoms with van der Waals surface area (Å²) in [7, 11) is -2.15. The highest BCUT2D eigenvalue weighted by molar-refractivity contribution is 7.89. The van der Waals surface area contributed by atoms with Crippen molar-refractivity contribution in [3.63, 3.8) is 0 Å². The Morgan fingerprint density at radius 1 is 1.45 bits per heavy atom. The molecule has 1 heterocycles. The van der Waals surface area contributed by atoms with E-state index in [9.17, 15) is 17.6 Å². The standard InChI is InChI=1S/C12H16FN3O3S/c1-16-7-8(2-5-12(16)17)15-20(18,19)9-3-4-10(13)11(14)6-9/h3-4,6,8,15H,2,5,7,14H2,1H3. The van der Waals surface area contributed by atoms with Crippen LogP contribution in [-0.4, -0.2) is 38.9 Å². The summed E-state index contributed by atoms with van der Waals surface area (Å²) in [5.74, 6) is -0.668. The number of nitrogens with two attached hydrogens (primary N) is 1. The van der Waals surface area contributed by atoms with Gasteiger partial charge in [-0.15, -0.1) is 0 Å². The molecule has 8 heteroatoms. The predicted octanol–water partition coefficient (Wildman–Crippen LogP) is 0.307. The molecule has 1 unspecified atom stereocenters. The number of hydrogen-bond donors (Lipinski definition) is 2. The lowest BCUT2D eigenvalue weighted by molar-refractivity contribution is -0.132. The van der Waals surface area contributed by atoms with Crippen LogP contribution < -0.4 is 10.5 Å². The van der Waals surface area contributed by atoms with E-state index in [-0.39, 0.29) is 22.5 Å². The minimum atomic E-state index is -3.77. The molecule has 110 valence electrons. The molecule has 0 aliphatic carbocycles. The second-order valence-electron chi connectivity index (χ2n) is 4.81. The van der Waals surface area contributed by atoms with Crippen molar-refractivity contribution >= 4 is 21.6 Å². The minimum absolute atomic E-state index is 0.00789. The summed E-state index contributed by atoms with van der Waals surface area (Å²) < 4.78 is 39.9. The van der Waals surface area contributed by atoms with E-state index in [1.165, 1.54) is 4.90 Å². The molecule has 0 saturated carbocycles. The second kappa shape index (κ2) is 5.37. The topological polar surface area (TPSA) is 92.5 Å². The van der Waals surface area contributed by atoms with E-state index in [0.717, 1.165) is 18.2 Å². The number of carbonyl (C=O) groups is 1. The van der Waals surface area contributed by atoms with Crippen molar-refractivity contribution in [1.29, 1.82) is 0 Å². The van der Waals surface area contributed by atoms with Crippen molar-refractivity contribution in [3.05, 3.63) is 24.0 Å². The zero-order valence-corrected chi connectivity index (χ0v) is 11.8. The molecule has 2 rings (SSSR count). The molecule has 1 aromatic carbocycles. The van der Waals surface area contributed by atoms with E-state index in [0.29, 0.717) is 19.4 Å². The summed E-state index contributed by atoms with van der Waals surface area (Å²) in [6.45, 7) is 0.314. The van der Waals surface area contributed by atoms with Crippen molar-refractivity contribution < 1.29 is 17.6 Å². The van der Waals surface area contributed by atoms with Gasteiger partial charge in [0.15, 0.2) is 0 Å². The first-order valence-electron chi connectivity index (χ1n) is 6.11. The fourth-order valence-corrected chi connectivity index (χ4v) is 3.38. The maximum absolute atomic E-state index is 13.1. The Balaban J connectivity index is 2.15. The van der Waals surface area contributed by atoms with E-state index in [4.69, 9.17) is 5.73 Å². The van der Waals surface area contributed by atoms with Gasteiger partial charge in [-0.3, -0.25) is 4.79 Å². The fraction of sp³-hybridized carbons (Fsp3) is 0.417. The molecule has 0 aromatic heterocycles. The number of rotatable bonds is 3. The predicted molar refractivity (Wildman–Crippen MR) is 71.8 cm³/mol. The third kappa shape index (κ3) is 3.07. The molecule has 6 nitrogen and oxygen atoms in total. The number of nitrogens with one attached hydrogen (secondary N) is 1. The number of likely N-dealkylation sites (N-methyl/N-ethyl adjacent to an activating group) is 1. The van der Waals surface area contributed by atoms with Gasteiger partial charge in [0.25, 0.3) is 0 Å². The van der Waals surface area contributed by atoms with Gasteiger partial charge in [-0.05, 0) is 24.6 Å². The molecule has 1 aromatic rings. The van der Waals surface area contributed by atoms with Gasteiger partial charge < -0.3 is 10.6 Å². The van der Waals surface area contributed by atoms with Gasteiger partial charge in [0.2, 0.25) is 15.9 Å². The van der Waals surface area contributed by atoms with Crippen molar-refractivity contribution in [1.82, 2.24) is 9.62 Å². The van der Waals surface area contributed by atoms with Gasteiger partial charge in [0, 0.05) is 26.1 Å². The highest BCUT2D eigenvalue weighted by Gasteiger charge is 2.27. The van der Waals surface area contributed by atoms with Crippen LogP contribution in [0.1, 0.15) is 12.8 Å². The molecule has 1 aliphatic rings. The molecule has 1 saturated heterocycles. The molecule has 1 fully saturated rings. The van der Waals surface area contributed by atoms with Gasteiger partial charge in [0.1, 0.15) is 5.82 Å². The van der Waals surface area contributed by atoms with Gasteiger partial charge in [-0.25, -0.2) is 17.5 Å². The van der Waals surface area contributed by atoms with Crippen LogP contribution in [0.2, 0.25) is 0 Å². The number of carbonyl (C=O) groups excluding carboxylic acids is 1. The Kier molecular flexibility index (Phi) is 3.96. The number of halogens is 1. The smallest absolute Gasteiger partial charge is 0.240 e. The van der Waals surface area contributed by atoms with Gasteiger partial charge in [0.05, 0.1) is 10.6 Å². The SMILES string of the molecule is CN1CC(NS(=O)(=O)c2ccc(F)c(N)c2)CCC1=O. The quantitative estimate of drug-likeness (QED) is 0.786. The molecule has 0 bridgehead atoms. The highest BCUT2D eigenvalue weighted by Crippen LogP contribution is 2.18. The van der Waals surface area contributed by atoms with E-state index in [2.05, 4.69) is 4.72 Å². The molecule has 1 aliphatic heterocycles. The Morgan fingerprint density at radius 2 is 2.15 bits per heavy atom. The molecule has 20 heavy (non-hydrogen) atoms. The Morgan fingerprint density at radius 3 is 2.75 bits per heavy atom. The zero-order valence-electron chi connectivity index (χ0n) is 11.0. The number of anilines is 1. The molecule has 3 N–H and O–H groups in total. The number of likely N-dealkylation sites (tertiary alicyclic amines) is 1. The third-order valence-electron chi connectivity index (χ3n) is 3.23. The van der Waals surface area contributed by atoms with Crippen LogP contribution in [0.15, 0.2) is 23.1 Å². The van der Waals surface area contributed by atoms with Crippen LogP contribution in [0.3, 0.4) is 0 Å². The molecular formula is C12H16FN3O3S. The zero-order chi connectivity index (χ0) is 14.9. The summed E-state index contributed by atoms with van der Waals surface area (Å²) in [6.07, 6.45) is 0.744. The van der Waals surface area contributed by atoms with Crippen LogP contribution in [-0.2, 0) is 14.8 Å². The van der Waals surface area contributed by atoms with Crippen LogP contribution in [0.5, 0.6) is 0 Å². The number of benzene rings is 1. The second-order valence-corrected chi connectivity index (χ2v) is 6.53. The lowest BCUT2D eigenvalue weighted by Gasteiger charge is -2.29. The van der Waals surface area contributed by atoms with E-state index < -0.39 is 15.8 Å². The summed E-state index contributed by atoms with van der Waals surface area (Å²) in [4.78, 5) is 12.7. The third-order valence-corrected chi connectivity index (χ3v) is 4.74. The van der Waals surface area contributed by atoms with Crippen LogP contribution >= 0.6 is 0 Å². The largest absolute Gasteiger partial charge is 0.396 e. The monoisotopic (exact) mass is 301 g/mol. The fourth-order valence-electron chi connectivity index (χ4n) is 2.08. The first-order chi connectivity index (χ1) is 9.29. The van der Waals surface area contributed by atoms with Crippen LogP contribution in [0, 0.1) is 5.82 Å². The maximum Gasteiger partial charge on any atom is 0.240 e. The van der Waals surface area contributed by atoms with Crippen LogP contribution in [0.4, 0.5) is 10.1 Å². The minimum Gasteiger partial charge on any atom is -0.396 e. The first kappa shape index (κ1) is 14.7. The average Bonchev–Trinajstić information content (AvgIpc) is 2.37. The van der Waals surface area contributed by atoms with Gasteiger partial charge in [-0.1, -0.05) is 0 Å². The number of hydrogen-bond acceptors (Lipinski definition) is 4. The number of amides is 1. The molecule has 1 atom stereocenters. The number of nitrogens with zero attached hydrogens (tertiary/aromatic N) is 1. The summed E-state index contributed by atoms with van der Waals surface area (Å²) in [6, 6.07) is 2.90. The van der Waals surface area contributed by atoms with E-state index in [1.807, 2.05) is 0 Å². The Labute approximate surface area is 116 Å². The van der Waals surface area contributed by atoms with E-state index >= 15 is 0 Å². The molecule has 0 radical (unpaired) electrons. The average molecular weight is 301 g/mol. The summed E-state index contributed by atoms with van der Waals surface area (Å²) >= 11 is 0. The maximum atomic E-state index is 13.1. The lowest BCUT2D eigenvalue weighted by Crippen LogP contribution is -2.48. The number of nitrogen functional groups attached to an aromatic ring is 1. The van der Waals surface area contributed by atoms with Crippen molar-refractivity contribution in [2.75, 3.05) is 19.3 Å². The molecule has 0 spiro atoms. The first-order valence-corrected chi connectivity index (χ1v) is 7.59.